The summed E-state index contributed by atoms with van der Waals surface area (Å²) < 4.78 is 21.8. The number of nitrogens with two attached hydrogens (primary N) is 1. The minimum absolute atomic E-state index is 0.0552. The summed E-state index contributed by atoms with van der Waals surface area (Å²) in [6, 6.07) is 7.60. The van der Waals surface area contributed by atoms with Crippen molar-refractivity contribution >= 4 is 33.6 Å². The monoisotopic (exact) mass is 623 g/mol. The lowest BCUT2D eigenvalue weighted by Crippen LogP contribution is -2.61. The Morgan fingerprint density at radius 1 is 1.13 bits per heavy atom. The van der Waals surface area contributed by atoms with Crippen LogP contribution in [0.5, 0.6) is 11.8 Å². The summed E-state index contributed by atoms with van der Waals surface area (Å²) in [5.74, 6) is 0.637. The summed E-state index contributed by atoms with van der Waals surface area (Å²) in [6.07, 6.45) is 10.7. The van der Waals surface area contributed by atoms with E-state index in [0.29, 0.717) is 53.6 Å². The number of phenolic OH excluding ortho intramolecular Hbond substituents is 1. The van der Waals surface area contributed by atoms with Crippen LogP contribution in [0.4, 0.5) is 10.2 Å². The van der Waals surface area contributed by atoms with E-state index in [1.807, 2.05) is 13.8 Å². The lowest BCUT2D eigenvalue weighted by molar-refractivity contribution is 0.108. The molecule has 2 atom stereocenters. The minimum Gasteiger partial charge on any atom is -0.508 e. The van der Waals surface area contributed by atoms with Crippen LogP contribution in [0.1, 0.15) is 62.3 Å². The SMILES string of the molecule is CCc1c(F)ccc2cc(O)cc(-c3nc(/C=C\N)c4c(N5CC6CCC5CN6)nc(OCC56CCCN5CCC6)nc4c3C)c12. The molecule has 2 unspecified atom stereocenters. The summed E-state index contributed by atoms with van der Waals surface area (Å²) in [5.41, 5.74) is 10.1. The van der Waals surface area contributed by atoms with Crippen LogP contribution in [-0.2, 0) is 6.42 Å². The summed E-state index contributed by atoms with van der Waals surface area (Å²) in [7, 11) is 0. The first-order valence-corrected chi connectivity index (χ1v) is 16.8. The smallest absolute Gasteiger partial charge is 0.319 e. The van der Waals surface area contributed by atoms with Gasteiger partial charge in [-0.1, -0.05) is 13.0 Å². The normalized spacial score (nSPS) is 22.5. The summed E-state index contributed by atoms with van der Waals surface area (Å²) in [6.45, 7) is 8.50. The third-order valence-electron chi connectivity index (χ3n) is 11.0. The Bertz CT molecular complexity index is 1860. The minimum atomic E-state index is -0.274. The fraction of sp³-hybridized carbons (Fsp3) is 0.472. The molecule has 240 valence electrons. The lowest BCUT2D eigenvalue weighted by Gasteiger charge is -2.46. The molecule has 5 fully saturated rings. The van der Waals surface area contributed by atoms with Crippen LogP contribution in [0.15, 0.2) is 30.5 Å². The maximum Gasteiger partial charge on any atom is 0.319 e. The molecule has 9 rings (SSSR count). The van der Waals surface area contributed by atoms with Crippen molar-refractivity contribution in [3.05, 3.63) is 53.1 Å². The van der Waals surface area contributed by atoms with E-state index in [2.05, 4.69) is 15.1 Å². The van der Waals surface area contributed by atoms with Gasteiger partial charge in [-0.05, 0) is 112 Å². The Hall–Kier alpha value is -4.02. The van der Waals surface area contributed by atoms with Crippen LogP contribution < -0.4 is 20.7 Å². The van der Waals surface area contributed by atoms with Gasteiger partial charge in [0.15, 0.2) is 0 Å². The number of nitrogens with zero attached hydrogens (tertiary/aromatic N) is 5. The summed E-state index contributed by atoms with van der Waals surface area (Å²) >= 11 is 0. The number of benzene rings is 2. The van der Waals surface area contributed by atoms with Gasteiger partial charge in [-0.25, -0.2) is 9.37 Å². The second kappa shape index (κ2) is 11.3. The molecule has 0 amide bonds. The number of hydrogen-bond donors (Lipinski definition) is 3. The highest BCUT2D eigenvalue weighted by Gasteiger charge is 2.45. The third-order valence-corrected chi connectivity index (χ3v) is 11.0. The number of piperazine rings is 1. The van der Waals surface area contributed by atoms with Gasteiger partial charge in [0.2, 0.25) is 0 Å². The number of aryl methyl sites for hydroxylation is 2. The van der Waals surface area contributed by atoms with Crippen molar-refractivity contribution in [1.29, 1.82) is 0 Å². The molecule has 0 spiro atoms. The number of fused-ring (bicyclic) bond motifs is 6. The van der Waals surface area contributed by atoms with Gasteiger partial charge in [0, 0.05) is 36.3 Å². The van der Waals surface area contributed by atoms with Gasteiger partial charge in [0.05, 0.1) is 27.8 Å². The predicted octanol–water partition coefficient (Wildman–Crippen LogP) is 5.44. The average molecular weight is 624 g/mol. The second-order valence-electron chi connectivity index (χ2n) is 13.5. The number of nitrogens with one attached hydrogen (secondary N) is 1. The number of phenols is 1. The lowest BCUT2D eigenvalue weighted by atomic mass is 9.91. The molecule has 5 saturated heterocycles. The molecular weight excluding hydrogens is 581 g/mol. The van der Waals surface area contributed by atoms with Gasteiger partial charge < -0.3 is 25.8 Å². The number of rotatable bonds is 7. The molecule has 7 heterocycles. The standard InChI is InChI=1S/C36H42FN7O2/c1-3-26-28(37)9-6-22-16-25(45)17-27(30(22)26)32-21(2)33-31(29(40-32)10-13-38)34(44-19-23-7-8-24(44)18-39-23)42-35(41-33)46-20-36-11-4-14-43(36)15-5-12-36/h6,9-10,13,16-17,23-24,39,45H,3-5,7-8,11-12,14-15,18-20,38H2,1-2H3/b13-10-. The van der Waals surface area contributed by atoms with E-state index in [-0.39, 0.29) is 17.1 Å². The molecule has 4 N–H and O–H groups in total. The van der Waals surface area contributed by atoms with Gasteiger partial charge >= 0.3 is 6.01 Å². The molecule has 46 heavy (non-hydrogen) atoms. The number of pyridine rings is 1. The number of ether oxygens (including phenoxy) is 1. The molecule has 5 aliphatic rings. The first-order chi connectivity index (χ1) is 22.4. The number of aromatic hydroxyl groups is 1. The van der Waals surface area contributed by atoms with E-state index >= 15 is 4.39 Å². The molecule has 5 aliphatic heterocycles. The number of piperidine rings is 2. The molecule has 2 aromatic heterocycles. The topological polar surface area (TPSA) is 113 Å². The summed E-state index contributed by atoms with van der Waals surface area (Å²) in [5, 5.41) is 16.8. The van der Waals surface area contributed by atoms with E-state index in [9.17, 15) is 5.11 Å². The maximum absolute atomic E-state index is 15.2. The zero-order valence-electron chi connectivity index (χ0n) is 26.7. The van der Waals surface area contributed by atoms with Crippen molar-refractivity contribution in [3.8, 4) is 23.0 Å². The van der Waals surface area contributed by atoms with Crippen LogP contribution in [-0.4, -0.2) is 75.4 Å². The Balaban J connectivity index is 1.36. The molecule has 10 heteroatoms. The van der Waals surface area contributed by atoms with E-state index in [1.165, 1.54) is 25.1 Å². The van der Waals surface area contributed by atoms with Gasteiger partial charge in [-0.2, -0.15) is 9.97 Å². The maximum atomic E-state index is 15.2. The Labute approximate surface area is 268 Å². The fourth-order valence-corrected chi connectivity index (χ4v) is 8.72. The first-order valence-electron chi connectivity index (χ1n) is 16.8. The van der Waals surface area contributed by atoms with Gasteiger partial charge in [0.25, 0.3) is 0 Å². The van der Waals surface area contributed by atoms with Crippen molar-refractivity contribution in [1.82, 2.24) is 25.2 Å². The summed E-state index contributed by atoms with van der Waals surface area (Å²) in [4.78, 5) is 20.4. The number of halogens is 1. The van der Waals surface area contributed by atoms with Gasteiger partial charge in [-0.3, -0.25) is 4.90 Å². The van der Waals surface area contributed by atoms with Crippen molar-refractivity contribution in [2.24, 2.45) is 5.73 Å². The Kier molecular flexibility index (Phi) is 7.25. The predicted molar refractivity (Wildman–Crippen MR) is 180 cm³/mol. The highest BCUT2D eigenvalue weighted by molar-refractivity contribution is 6.05. The highest BCUT2D eigenvalue weighted by atomic mass is 19.1. The Morgan fingerprint density at radius 2 is 1.96 bits per heavy atom. The first kappa shape index (κ1) is 29.4. The molecule has 2 aromatic carbocycles. The second-order valence-corrected chi connectivity index (χ2v) is 13.5. The van der Waals surface area contributed by atoms with Crippen LogP contribution in [0, 0.1) is 12.7 Å². The van der Waals surface area contributed by atoms with E-state index in [1.54, 1.807) is 24.3 Å². The van der Waals surface area contributed by atoms with Crippen LogP contribution in [0.25, 0.3) is 39.0 Å². The van der Waals surface area contributed by atoms with Crippen LogP contribution in [0.3, 0.4) is 0 Å². The number of aromatic nitrogens is 3. The fourth-order valence-electron chi connectivity index (χ4n) is 8.72. The molecule has 2 bridgehead atoms. The zero-order chi connectivity index (χ0) is 31.6. The number of anilines is 1. The quantitative estimate of drug-likeness (QED) is 0.248. The molecule has 0 saturated carbocycles. The molecule has 0 aliphatic carbocycles. The van der Waals surface area contributed by atoms with Crippen LogP contribution >= 0.6 is 0 Å². The molecular formula is C36H42FN7O2. The van der Waals surface area contributed by atoms with E-state index in [0.717, 1.165) is 84.9 Å². The highest BCUT2D eigenvalue weighted by Crippen LogP contribution is 2.43. The zero-order valence-corrected chi connectivity index (χ0v) is 26.7. The molecule has 0 radical (unpaired) electrons. The molecule has 4 aromatic rings. The van der Waals surface area contributed by atoms with Crippen molar-refractivity contribution < 1.29 is 14.2 Å². The van der Waals surface area contributed by atoms with Crippen molar-refractivity contribution in [3.63, 3.8) is 0 Å². The molecule has 9 nitrogen and oxygen atoms in total. The van der Waals surface area contributed by atoms with Crippen LogP contribution in [0.2, 0.25) is 0 Å². The van der Waals surface area contributed by atoms with E-state index in [4.69, 9.17) is 25.4 Å². The van der Waals surface area contributed by atoms with E-state index < -0.39 is 0 Å². The van der Waals surface area contributed by atoms with Crippen molar-refractivity contribution in [2.75, 3.05) is 37.7 Å². The van der Waals surface area contributed by atoms with Crippen molar-refractivity contribution in [2.45, 2.75) is 76.4 Å². The average Bonchev–Trinajstić information content (AvgIpc) is 3.66. The third kappa shape index (κ3) is 4.68. The van der Waals surface area contributed by atoms with Gasteiger partial charge in [0.1, 0.15) is 24.0 Å². The number of hydrogen-bond acceptors (Lipinski definition) is 9. The largest absolute Gasteiger partial charge is 0.508 e. The Morgan fingerprint density at radius 3 is 2.65 bits per heavy atom. The van der Waals surface area contributed by atoms with Gasteiger partial charge in [-0.15, -0.1) is 0 Å².